The Morgan fingerprint density at radius 2 is 1.81 bits per heavy atom. The third-order valence-corrected chi connectivity index (χ3v) is 3.83. The van der Waals surface area contributed by atoms with Gasteiger partial charge in [-0.15, -0.1) is 0 Å². The monoisotopic (exact) mass is 228 g/mol. The summed E-state index contributed by atoms with van der Waals surface area (Å²) in [5, 5.41) is 3.02. The molecule has 1 aliphatic rings. The Hall–Kier alpha value is -0.610. The Balaban J connectivity index is 2.57. The van der Waals surface area contributed by atoms with E-state index in [1.54, 1.807) is 0 Å². The maximum absolute atomic E-state index is 11.6. The van der Waals surface area contributed by atoms with Crippen molar-refractivity contribution < 1.29 is 9.53 Å². The zero-order valence-electron chi connectivity index (χ0n) is 11.0. The van der Waals surface area contributed by atoms with E-state index in [9.17, 15) is 4.79 Å². The highest BCUT2D eigenvalue weighted by Gasteiger charge is 2.60. The van der Waals surface area contributed by atoms with Gasteiger partial charge in [0.25, 0.3) is 0 Å². The second-order valence-electron chi connectivity index (χ2n) is 5.76. The molecule has 0 aromatic carbocycles. The van der Waals surface area contributed by atoms with E-state index in [-0.39, 0.29) is 35.4 Å². The van der Waals surface area contributed by atoms with Crippen molar-refractivity contribution in [2.75, 3.05) is 13.2 Å². The third-order valence-electron chi connectivity index (χ3n) is 3.83. The van der Waals surface area contributed by atoms with Gasteiger partial charge in [0, 0.05) is 29.5 Å². The number of nitrogens with two attached hydrogens (primary N) is 1. The molecule has 94 valence electrons. The van der Waals surface area contributed by atoms with Crippen molar-refractivity contribution in [1.29, 1.82) is 0 Å². The van der Waals surface area contributed by atoms with Gasteiger partial charge < -0.3 is 15.8 Å². The number of carbonyl (C=O) groups is 1. The third kappa shape index (κ3) is 2.09. The minimum absolute atomic E-state index is 0.0502. The predicted molar refractivity (Wildman–Crippen MR) is 64.0 cm³/mol. The van der Waals surface area contributed by atoms with Crippen molar-refractivity contribution in [3.63, 3.8) is 0 Å². The molecule has 4 heteroatoms. The van der Waals surface area contributed by atoms with Crippen LogP contribution in [0.4, 0.5) is 0 Å². The van der Waals surface area contributed by atoms with Crippen molar-refractivity contribution in [1.82, 2.24) is 5.32 Å². The summed E-state index contributed by atoms with van der Waals surface area (Å²) in [6.45, 7) is 10.9. The van der Waals surface area contributed by atoms with Crippen LogP contribution in [0.15, 0.2) is 0 Å². The lowest BCUT2D eigenvalue weighted by molar-refractivity contribution is -0.136. The summed E-state index contributed by atoms with van der Waals surface area (Å²) in [6.07, 6.45) is 0. The molecule has 1 amide bonds. The zero-order chi connectivity index (χ0) is 12.6. The first-order chi connectivity index (χ1) is 7.24. The fourth-order valence-electron chi connectivity index (χ4n) is 2.95. The first-order valence-electron chi connectivity index (χ1n) is 5.87. The molecule has 0 atom stereocenters. The highest BCUT2D eigenvalue weighted by Crippen LogP contribution is 2.52. The van der Waals surface area contributed by atoms with Gasteiger partial charge in [0.15, 0.2) is 0 Å². The standard InChI is InChI=1S/C12H24N2O2/c1-6-16-7-8(15)14-10-11(2,3)9(13)12(10,4)5/h9-10H,6-7,13H2,1-5H3,(H,14,15). The summed E-state index contributed by atoms with van der Waals surface area (Å²) in [4.78, 5) is 11.6. The summed E-state index contributed by atoms with van der Waals surface area (Å²) < 4.78 is 5.08. The van der Waals surface area contributed by atoms with Crippen molar-refractivity contribution in [2.45, 2.75) is 46.7 Å². The molecule has 0 aromatic rings. The minimum Gasteiger partial charge on any atom is -0.372 e. The number of nitrogens with one attached hydrogen (secondary N) is 1. The van der Waals surface area contributed by atoms with Gasteiger partial charge in [0.1, 0.15) is 6.61 Å². The van der Waals surface area contributed by atoms with Gasteiger partial charge >= 0.3 is 0 Å². The molecule has 1 rings (SSSR count). The SMILES string of the molecule is CCOCC(=O)NC1C(C)(C)C(N)C1(C)C. The van der Waals surface area contributed by atoms with Crippen LogP contribution in [0.2, 0.25) is 0 Å². The Labute approximate surface area is 97.9 Å². The average Bonchev–Trinajstić information content (AvgIpc) is 2.21. The highest BCUT2D eigenvalue weighted by atomic mass is 16.5. The molecule has 0 radical (unpaired) electrons. The van der Waals surface area contributed by atoms with Crippen LogP contribution in [0.3, 0.4) is 0 Å². The molecule has 0 spiro atoms. The van der Waals surface area contributed by atoms with Gasteiger partial charge in [-0.05, 0) is 6.92 Å². The Morgan fingerprint density at radius 3 is 2.25 bits per heavy atom. The molecular weight excluding hydrogens is 204 g/mol. The molecule has 1 fully saturated rings. The quantitative estimate of drug-likeness (QED) is 0.751. The lowest BCUT2D eigenvalue weighted by Crippen LogP contribution is -2.76. The van der Waals surface area contributed by atoms with E-state index in [4.69, 9.17) is 10.5 Å². The lowest BCUT2D eigenvalue weighted by atomic mass is 9.48. The second-order valence-corrected chi connectivity index (χ2v) is 5.76. The Bertz CT molecular complexity index is 258. The largest absolute Gasteiger partial charge is 0.372 e. The molecule has 3 N–H and O–H groups in total. The van der Waals surface area contributed by atoms with Gasteiger partial charge in [0.05, 0.1) is 0 Å². The molecule has 4 nitrogen and oxygen atoms in total. The molecule has 0 bridgehead atoms. The number of ether oxygens (including phenoxy) is 1. The highest BCUT2D eigenvalue weighted by molar-refractivity contribution is 5.78. The van der Waals surface area contributed by atoms with Crippen molar-refractivity contribution in [2.24, 2.45) is 16.6 Å². The van der Waals surface area contributed by atoms with Gasteiger partial charge in [0.2, 0.25) is 5.91 Å². The summed E-state index contributed by atoms with van der Waals surface area (Å²) in [6, 6.07) is 0.223. The fourth-order valence-corrected chi connectivity index (χ4v) is 2.95. The van der Waals surface area contributed by atoms with E-state index >= 15 is 0 Å². The number of hydrogen-bond acceptors (Lipinski definition) is 3. The van der Waals surface area contributed by atoms with Crippen LogP contribution in [0.5, 0.6) is 0 Å². The lowest BCUT2D eigenvalue weighted by Gasteiger charge is -2.62. The summed E-state index contributed by atoms with van der Waals surface area (Å²) in [5.41, 5.74) is 6.02. The molecule has 0 saturated heterocycles. The smallest absolute Gasteiger partial charge is 0.246 e. The molecule has 0 heterocycles. The molecular formula is C12H24N2O2. The van der Waals surface area contributed by atoms with Crippen LogP contribution < -0.4 is 11.1 Å². The maximum atomic E-state index is 11.6. The van der Waals surface area contributed by atoms with Crippen molar-refractivity contribution >= 4 is 5.91 Å². The predicted octanol–water partition coefficient (Wildman–Crippen LogP) is 0.901. The Kier molecular flexibility index (Phi) is 3.65. The second kappa shape index (κ2) is 4.34. The summed E-state index contributed by atoms with van der Waals surface area (Å²) >= 11 is 0. The van der Waals surface area contributed by atoms with Gasteiger partial charge in [-0.1, -0.05) is 27.7 Å². The summed E-state index contributed by atoms with van der Waals surface area (Å²) in [7, 11) is 0. The topological polar surface area (TPSA) is 64.3 Å². The number of rotatable bonds is 4. The maximum Gasteiger partial charge on any atom is 0.246 e. The van der Waals surface area contributed by atoms with E-state index in [0.717, 1.165) is 0 Å². The van der Waals surface area contributed by atoms with Crippen LogP contribution in [0, 0.1) is 10.8 Å². The van der Waals surface area contributed by atoms with E-state index in [2.05, 4.69) is 33.0 Å². The van der Waals surface area contributed by atoms with E-state index in [1.165, 1.54) is 0 Å². The molecule has 0 unspecified atom stereocenters. The van der Waals surface area contributed by atoms with Gasteiger partial charge in [-0.25, -0.2) is 0 Å². The van der Waals surface area contributed by atoms with E-state index < -0.39 is 0 Å². The molecule has 0 aliphatic heterocycles. The van der Waals surface area contributed by atoms with Gasteiger partial charge in [-0.3, -0.25) is 4.79 Å². The molecule has 1 aliphatic carbocycles. The first kappa shape index (κ1) is 13.5. The first-order valence-corrected chi connectivity index (χ1v) is 5.87. The van der Waals surface area contributed by atoms with Crippen LogP contribution in [-0.4, -0.2) is 31.2 Å². The zero-order valence-corrected chi connectivity index (χ0v) is 11.0. The molecule has 0 aromatic heterocycles. The average molecular weight is 228 g/mol. The van der Waals surface area contributed by atoms with Gasteiger partial charge in [-0.2, -0.15) is 0 Å². The number of amides is 1. The van der Waals surface area contributed by atoms with E-state index in [0.29, 0.717) is 6.61 Å². The minimum atomic E-state index is -0.0556. The number of hydrogen-bond donors (Lipinski definition) is 2. The Morgan fingerprint density at radius 1 is 1.31 bits per heavy atom. The molecule has 1 saturated carbocycles. The normalized spacial score (nSPS) is 30.6. The van der Waals surface area contributed by atoms with Crippen molar-refractivity contribution in [3.8, 4) is 0 Å². The van der Waals surface area contributed by atoms with Crippen LogP contribution in [0.1, 0.15) is 34.6 Å². The van der Waals surface area contributed by atoms with E-state index in [1.807, 2.05) is 6.92 Å². The fraction of sp³-hybridized carbons (Fsp3) is 0.917. The van der Waals surface area contributed by atoms with Crippen LogP contribution in [-0.2, 0) is 9.53 Å². The summed E-state index contributed by atoms with van der Waals surface area (Å²) in [5.74, 6) is -0.0556. The van der Waals surface area contributed by atoms with Crippen LogP contribution in [0.25, 0.3) is 0 Å². The van der Waals surface area contributed by atoms with Crippen molar-refractivity contribution in [3.05, 3.63) is 0 Å². The molecule has 16 heavy (non-hydrogen) atoms. The number of carbonyl (C=O) groups excluding carboxylic acids is 1. The van der Waals surface area contributed by atoms with Crippen LogP contribution >= 0.6 is 0 Å².